The molecular weight excluding hydrogens is 529 g/mol. The maximum Gasteiger partial charge on any atom is 2.00 e. The maximum atomic E-state index is 11.2. The molecule has 11 nitrogen and oxygen atoms in total. The predicted octanol–water partition coefficient (Wildman–Crippen LogP) is -2.43. The smallest absolute Gasteiger partial charge is 0.480 e. The van der Waals surface area contributed by atoms with Crippen LogP contribution in [0.1, 0.15) is 6.92 Å². The Labute approximate surface area is 202 Å². The van der Waals surface area contributed by atoms with Gasteiger partial charge in [-0.15, -0.1) is 0 Å². The van der Waals surface area contributed by atoms with Crippen molar-refractivity contribution >= 4 is 17.9 Å². The molecule has 0 radical (unpaired) electrons. The number of carbonyl (C=O) groups is 3. The molecule has 0 aromatic heterocycles. The minimum absolute atomic E-state index is 0. The second-order valence-electron chi connectivity index (χ2n) is 7.21. The van der Waals surface area contributed by atoms with Crippen molar-refractivity contribution in [3.8, 4) is 0 Å². The van der Waals surface area contributed by atoms with Crippen LogP contribution in [-0.4, -0.2) is 143 Å². The number of carboxylic acids is 3. The molecular formula is C17H33GdN4O7+3. The Bertz CT molecular complexity index is 492. The predicted molar refractivity (Wildman–Crippen MR) is 102 cm³/mol. The Hall–Kier alpha value is -0.465. The first-order valence-electron chi connectivity index (χ1n) is 9.41. The van der Waals surface area contributed by atoms with Gasteiger partial charge in [0.2, 0.25) is 0 Å². The molecule has 1 saturated heterocycles. The molecule has 29 heavy (non-hydrogen) atoms. The fourth-order valence-corrected chi connectivity index (χ4v) is 3.20. The first-order chi connectivity index (χ1) is 13.2. The van der Waals surface area contributed by atoms with Crippen molar-refractivity contribution in [3.05, 3.63) is 0 Å². The summed E-state index contributed by atoms with van der Waals surface area (Å²) < 4.78 is 0. The Kier molecular flexibility index (Phi) is 15.1. The first-order valence-corrected chi connectivity index (χ1v) is 9.41. The van der Waals surface area contributed by atoms with Crippen molar-refractivity contribution in [3.63, 3.8) is 0 Å². The zero-order valence-corrected chi connectivity index (χ0v) is 19.0. The van der Waals surface area contributed by atoms with Gasteiger partial charge in [-0.25, -0.2) is 0 Å². The summed E-state index contributed by atoms with van der Waals surface area (Å²) in [6.45, 7) is 5.55. The normalized spacial score (nSPS) is 20.1. The number of aliphatic carboxylic acids is 3. The van der Waals surface area contributed by atoms with E-state index >= 15 is 0 Å². The molecule has 12 heteroatoms. The van der Waals surface area contributed by atoms with Crippen molar-refractivity contribution in [2.45, 2.75) is 13.0 Å². The number of hydrogen-bond acceptors (Lipinski definition) is 7. The zero-order chi connectivity index (χ0) is 21.1. The topological polar surface area (TPSA) is 148 Å². The van der Waals surface area contributed by atoms with Gasteiger partial charge in [0.1, 0.15) is 0 Å². The van der Waals surface area contributed by atoms with Gasteiger partial charge in [-0.3, -0.25) is 34.0 Å². The molecule has 1 heterocycles. The third-order valence-corrected chi connectivity index (χ3v) is 4.54. The van der Waals surface area contributed by atoms with E-state index < -0.39 is 17.9 Å². The summed E-state index contributed by atoms with van der Waals surface area (Å²) in [6, 6.07) is 0. The molecule has 1 rings (SSSR count). The molecule has 0 spiro atoms. The van der Waals surface area contributed by atoms with Crippen LogP contribution in [0.3, 0.4) is 0 Å². The van der Waals surface area contributed by atoms with Crippen LogP contribution in [0.25, 0.3) is 0 Å². The van der Waals surface area contributed by atoms with Crippen molar-refractivity contribution in [1.29, 1.82) is 0 Å². The van der Waals surface area contributed by atoms with E-state index in [1.165, 1.54) is 0 Å². The van der Waals surface area contributed by atoms with Gasteiger partial charge >= 0.3 is 57.8 Å². The molecule has 1 aliphatic heterocycles. The van der Waals surface area contributed by atoms with Crippen molar-refractivity contribution in [1.82, 2.24) is 19.6 Å². The van der Waals surface area contributed by atoms with E-state index in [1.807, 2.05) is 0 Å². The van der Waals surface area contributed by atoms with E-state index in [1.54, 1.807) is 21.6 Å². The molecule has 1 atom stereocenters. The molecule has 0 amide bonds. The molecule has 1 fully saturated rings. The van der Waals surface area contributed by atoms with Gasteiger partial charge in [0.05, 0.1) is 26.2 Å². The standard InChI is InChI=1S/C17H32N4O7.Gd/c1-14(22)10-18-2-4-19(11-15(23)24)6-8-21(13-17(27)28)9-7-20(5-3-18)12-16(25)26;/h14,22H,2-13H2,1H3,(H,23,24)(H,25,26)(H,27,28);/q;+2/p+1. The van der Waals surface area contributed by atoms with Crippen LogP contribution in [0.15, 0.2) is 0 Å². The molecule has 1 unspecified atom stereocenters. The first kappa shape index (κ1) is 28.5. The SMILES string of the molecule is CC([OH2+])CN1CCN(CC(=O)O)CCN(CC(=O)O)CCN(CC(=O)O)CC1.[Gd+2]. The molecule has 0 bridgehead atoms. The van der Waals surface area contributed by atoms with Gasteiger partial charge < -0.3 is 20.4 Å². The quantitative estimate of drug-likeness (QED) is 0.273. The van der Waals surface area contributed by atoms with E-state index in [0.29, 0.717) is 58.9 Å². The Morgan fingerprint density at radius 1 is 0.690 bits per heavy atom. The summed E-state index contributed by atoms with van der Waals surface area (Å²) in [5.74, 6) is -2.85. The van der Waals surface area contributed by atoms with Gasteiger partial charge in [-0.1, -0.05) is 0 Å². The summed E-state index contributed by atoms with van der Waals surface area (Å²) in [6.07, 6.45) is -0.306. The average molecular weight is 563 g/mol. The van der Waals surface area contributed by atoms with Crippen molar-refractivity contribution in [2.24, 2.45) is 0 Å². The Balaban J connectivity index is 0.00000784. The second kappa shape index (κ2) is 15.4. The van der Waals surface area contributed by atoms with Crippen molar-refractivity contribution in [2.75, 3.05) is 78.5 Å². The van der Waals surface area contributed by atoms with E-state index in [9.17, 15) is 14.4 Å². The van der Waals surface area contributed by atoms with Crippen molar-refractivity contribution < 1.29 is 74.8 Å². The number of rotatable bonds is 8. The van der Waals surface area contributed by atoms with E-state index in [0.717, 1.165) is 0 Å². The van der Waals surface area contributed by atoms with Gasteiger partial charge in [0, 0.05) is 59.3 Å². The fourth-order valence-electron chi connectivity index (χ4n) is 3.20. The Morgan fingerprint density at radius 2 is 0.931 bits per heavy atom. The minimum Gasteiger partial charge on any atom is -0.480 e. The summed E-state index contributed by atoms with van der Waals surface area (Å²) in [5.41, 5.74) is 0. The molecule has 0 aliphatic carbocycles. The van der Waals surface area contributed by atoms with Crippen LogP contribution in [0, 0.1) is 39.9 Å². The zero-order valence-electron chi connectivity index (χ0n) is 16.8. The fraction of sp³-hybridized carbons (Fsp3) is 0.824. The summed E-state index contributed by atoms with van der Waals surface area (Å²) >= 11 is 0. The maximum absolute atomic E-state index is 11.2. The van der Waals surface area contributed by atoms with Gasteiger partial charge in [0.15, 0.2) is 6.10 Å². The number of nitrogens with zero attached hydrogens (tertiary/aromatic N) is 4. The minimum atomic E-state index is -0.975. The molecule has 0 aromatic carbocycles. The third-order valence-electron chi connectivity index (χ3n) is 4.54. The number of hydrogen-bond donors (Lipinski definition) is 3. The van der Waals surface area contributed by atoms with E-state index in [4.69, 9.17) is 20.4 Å². The van der Waals surface area contributed by atoms with Crippen LogP contribution in [0.4, 0.5) is 0 Å². The van der Waals surface area contributed by atoms with E-state index in [2.05, 4.69) is 4.90 Å². The summed E-state index contributed by atoms with van der Waals surface area (Å²) in [7, 11) is 0. The van der Waals surface area contributed by atoms with Gasteiger partial charge in [-0.05, 0) is 0 Å². The Morgan fingerprint density at radius 3 is 1.14 bits per heavy atom. The van der Waals surface area contributed by atoms with Gasteiger partial charge in [0.25, 0.3) is 0 Å². The van der Waals surface area contributed by atoms with E-state index in [-0.39, 0.29) is 65.7 Å². The molecule has 5 N–H and O–H groups in total. The van der Waals surface area contributed by atoms with Crippen LogP contribution in [-0.2, 0) is 14.4 Å². The largest absolute Gasteiger partial charge is 2.00 e. The average Bonchev–Trinajstić information content (AvgIpc) is 2.55. The summed E-state index contributed by atoms with van der Waals surface area (Å²) in [4.78, 5) is 40.7. The van der Waals surface area contributed by atoms with Crippen LogP contribution < -0.4 is 0 Å². The number of carboxylic acid groups (broad SMARTS) is 3. The van der Waals surface area contributed by atoms with Crippen LogP contribution >= 0.6 is 0 Å². The third kappa shape index (κ3) is 14.2. The molecule has 0 aromatic rings. The molecule has 168 valence electrons. The molecule has 1 aliphatic rings. The van der Waals surface area contributed by atoms with Crippen LogP contribution in [0.5, 0.6) is 0 Å². The second-order valence-corrected chi connectivity index (χ2v) is 7.21. The van der Waals surface area contributed by atoms with Gasteiger partial charge in [-0.2, -0.15) is 0 Å². The van der Waals surface area contributed by atoms with Crippen LogP contribution in [0.2, 0.25) is 0 Å². The molecule has 0 saturated carbocycles. The summed E-state index contributed by atoms with van der Waals surface area (Å²) in [5, 5.41) is 35.2. The monoisotopic (exact) mass is 563 g/mol.